The van der Waals surface area contributed by atoms with Crippen LogP contribution in [0.1, 0.15) is 38.3 Å². The van der Waals surface area contributed by atoms with Gasteiger partial charge < -0.3 is 30.9 Å². The number of nitrogens with zero attached hydrogens (tertiary/aromatic N) is 4. The molecule has 0 aromatic carbocycles. The number of carbonyl (C=O) groups excluding carboxylic acids is 3. The summed E-state index contributed by atoms with van der Waals surface area (Å²) in [5.41, 5.74) is 4.20. The Morgan fingerprint density at radius 2 is 2.03 bits per heavy atom. The number of nitrogens with one attached hydrogen (secondary N) is 1. The molecule has 2 atom stereocenters. The number of β-lactam (4-membered cyclic amide) rings is 1. The molecule has 3 rings (SSSR count). The van der Waals surface area contributed by atoms with Crippen molar-refractivity contribution < 1.29 is 51.5 Å². The topological polar surface area (TPSA) is 262 Å². The highest BCUT2D eigenvalue weighted by Crippen LogP contribution is 2.32. The van der Waals surface area contributed by atoms with Gasteiger partial charge in [-0.15, -0.1) is 15.6 Å². The summed E-state index contributed by atoms with van der Waals surface area (Å²) in [4.78, 5) is 53.9. The molecule has 20 heteroatoms. The third kappa shape index (κ3) is 7.40. The maximum Gasteiger partial charge on any atom is 0.418 e. The number of methoxy groups -OCH3 is 1. The number of carbonyl (C=O) groups is 3. The standard InChI is InChI=1S/C13H14N4O6S.C6H10N2O6S/c1-6(7-5-24-13(14)15-7)16-23-11(12(20)22-2)8-3-9(18)10(19)4-17(8)21;1-6(2)4(7-3-9)5(10)8(6)14-15(11,12)13/h3-5,11,19,21H,1-2H3,(H2,14,15);3-4H,1-2H3,(H,7,9)(H,11,12,13)/b16-6+;. The molecule has 1 aliphatic heterocycles. The fourth-order valence-corrected chi connectivity index (χ4v) is 4.07. The maximum absolute atomic E-state index is 11.9. The van der Waals surface area contributed by atoms with Crippen molar-refractivity contribution >= 4 is 50.9 Å². The van der Waals surface area contributed by atoms with Crippen LogP contribution < -0.4 is 16.5 Å². The van der Waals surface area contributed by atoms with Gasteiger partial charge in [-0.3, -0.25) is 18.9 Å². The van der Waals surface area contributed by atoms with E-state index in [-0.39, 0.29) is 5.69 Å². The Hall–Kier alpha value is -4.27. The molecule has 2 aromatic rings. The highest BCUT2D eigenvalue weighted by molar-refractivity contribution is 7.80. The molecular weight excluding hydrogens is 568 g/mol. The van der Waals surface area contributed by atoms with Gasteiger partial charge in [-0.05, 0) is 20.8 Å². The van der Waals surface area contributed by atoms with Crippen LogP contribution in [-0.2, 0) is 38.6 Å². The minimum atomic E-state index is -4.74. The number of aromatic hydroxyl groups is 1. The Morgan fingerprint density at radius 3 is 2.51 bits per heavy atom. The van der Waals surface area contributed by atoms with Crippen molar-refractivity contribution in [3.05, 3.63) is 39.3 Å². The van der Waals surface area contributed by atoms with Crippen LogP contribution in [0.3, 0.4) is 0 Å². The highest BCUT2D eigenvalue weighted by atomic mass is 32.3. The molecule has 2 aromatic heterocycles. The smallest absolute Gasteiger partial charge is 0.418 e. The first-order valence-electron chi connectivity index (χ1n) is 10.4. The fraction of sp³-hybridized carbons (Fsp3) is 0.368. The molecule has 0 aliphatic carbocycles. The minimum Gasteiger partial charge on any atom is -0.503 e. The summed E-state index contributed by atoms with van der Waals surface area (Å²) < 4.78 is 38.1. The first-order valence-corrected chi connectivity index (χ1v) is 12.6. The lowest BCUT2D eigenvalue weighted by atomic mass is 9.85. The number of hydroxylamine groups is 2. The molecule has 1 fully saturated rings. The number of pyridine rings is 1. The fourth-order valence-electron chi connectivity index (χ4n) is 3.01. The van der Waals surface area contributed by atoms with Crippen LogP contribution in [0.5, 0.6) is 5.75 Å². The number of anilines is 1. The molecule has 2 amide bonds. The minimum absolute atomic E-state index is 0.265. The second kappa shape index (κ2) is 12.1. The van der Waals surface area contributed by atoms with E-state index in [9.17, 15) is 37.9 Å². The van der Waals surface area contributed by atoms with E-state index in [0.29, 0.717) is 32.7 Å². The van der Waals surface area contributed by atoms with E-state index in [4.69, 9.17) is 15.1 Å². The number of hydrogen-bond donors (Lipinski definition) is 5. The van der Waals surface area contributed by atoms with Gasteiger partial charge in [0, 0.05) is 11.4 Å². The molecule has 39 heavy (non-hydrogen) atoms. The lowest BCUT2D eigenvalue weighted by Crippen LogP contribution is -2.75. The summed E-state index contributed by atoms with van der Waals surface area (Å²) in [6.45, 7) is 4.52. The van der Waals surface area contributed by atoms with Crippen LogP contribution in [0.4, 0.5) is 5.13 Å². The zero-order chi connectivity index (χ0) is 29.7. The number of rotatable bonds is 9. The van der Waals surface area contributed by atoms with Crippen molar-refractivity contribution in [1.29, 1.82) is 0 Å². The van der Waals surface area contributed by atoms with Gasteiger partial charge in [0.25, 0.3) is 12.0 Å². The number of hydrogen-bond acceptors (Lipinski definition) is 15. The molecule has 3 heterocycles. The zero-order valence-corrected chi connectivity index (χ0v) is 22.3. The lowest BCUT2D eigenvalue weighted by molar-refractivity contribution is -0.218. The van der Waals surface area contributed by atoms with E-state index in [2.05, 4.69) is 24.5 Å². The van der Waals surface area contributed by atoms with Crippen molar-refractivity contribution in [3.63, 3.8) is 0 Å². The molecule has 2 unspecified atom stereocenters. The van der Waals surface area contributed by atoms with Crippen molar-refractivity contribution in [2.24, 2.45) is 5.16 Å². The van der Waals surface area contributed by atoms with Gasteiger partial charge in [-0.1, -0.05) is 5.16 Å². The number of nitrogens with two attached hydrogens (primary N) is 1. The van der Waals surface area contributed by atoms with Crippen molar-refractivity contribution in [3.8, 4) is 5.75 Å². The lowest BCUT2D eigenvalue weighted by Gasteiger charge is -2.50. The van der Waals surface area contributed by atoms with Gasteiger partial charge >= 0.3 is 16.4 Å². The third-order valence-corrected chi connectivity index (χ3v) is 6.00. The molecule has 1 aliphatic rings. The SMILES string of the molecule is CC1(C)C(NC=O)C(=O)N1OS(=O)(=O)O.COC(=O)C(O/N=C(\C)c1csc(N)n1)c1cc(=O)c(O)cn1O. The Bertz CT molecular complexity index is 1430. The number of amides is 2. The number of ether oxygens (including phenoxy) is 1. The molecule has 18 nitrogen and oxygen atoms in total. The van der Waals surface area contributed by atoms with Crippen molar-refractivity contribution in [2.75, 3.05) is 12.8 Å². The largest absolute Gasteiger partial charge is 0.503 e. The van der Waals surface area contributed by atoms with Gasteiger partial charge in [0.15, 0.2) is 10.9 Å². The summed E-state index contributed by atoms with van der Waals surface area (Å²) in [7, 11) is -3.63. The second-order valence-corrected chi connectivity index (χ2v) is 9.95. The zero-order valence-electron chi connectivity index (χ0n) is 20.7. The van der Waals surface area contributed by atoms with Gasteiger partial charge in [0.05, 0.1) is 18.8 Å². The summed E-state index contributed by atoms with van der Waals surface area (Å²) in [6, 6.07) is -0.0282. The quantitative estimate of drug-likeness (QED) is 0.0442. The predicted octanol–water partition coefficient (Wildman–Crippen LogP) is -1.06. The molecule has 0 bridgehead atoms. The van der Waals surface area contributed by atoms with E-state index in [1.165, 1.54) is 25.2 Å². The van der Waals surface area contributed by atoms with Crippen LogP contribution in [-0.4, -0.2) is 80.8 Å². The van der Waals surface area contributed by atoms with Crippen molar-refractivity contribution in [2.45, 2.75) is 38.5 Å². The predicted molar refractivity (Wildman–Crippen MR) is 131 cm³/mol. The molecule has 6 N–H and O–H groups in total. The Labute approximate surface area is 224 Å². The average molecular weight is 593 g/mol. The number of esters is 1. The summed E-state index contributed by atoms with van der Waals surface area (Å²) >= 11 is 1.21. The van der Waals surface area contributed by atoms with Crippen LogP contribution in [0, 0.1) is 0 Å². The number of aromatic nitrogens is 2. The van der Waals surface area contributed by atoms with E-state index in [1.54, 1.807) is 12.3 Å². The third-order valence-electron chi connectivity index (χ3n) is 4.99. The van der Waals surface area contributed by atoms with Crippen LogP contribution in [0.2, 0.25) is 0 Å². The molecular formula is C19H24N6O12S2. The van der Waals surface area contributed by atoms with E-state index in [0.717, 1.165) is 19.4 Å². The summed E-state index contributed by atoms with van der Waals surface area (Å²) in [6.07, 6.45) is -0.469. The van der Waals surface area contributed by atoms with Crippen LogP contribution in [0.15, 0.2) is 27.6 Å². The van der Waals surface area contributed by atoms with Gasteiger partial charge in [-0.25, -0.2) is 9.78 Å². The number of thiazole rings is 1. The van der Waals surface area contributed by atoms with E-state index < -0.39 is 51.1 Å². The second-order valence-electron chi connectivity index (χ2n) is 8.05. The van der Waals surface area contributed by atoms with Gasteiger partial charge in [0.1, 0.15) is 23.1 Å². The molecule has 0 spiro atoms. The summed E-state index contributed by atoms with van der Waals surface area (Å²) in [5.74, 6) is -2.34. The highest BCUT2D eigenvalue weighted by Gasteiger charge is 2.57. The monoisotopic (exact) mass is 592 g/mol. The summed E-state index contributed by atoms with van der Waals surface area (Å²) in [5, 5.41) is 27.5. The Morgan fingerprint density at radius 1 is 1.38 bits per heavy atom. The van der Waals surface area contributed by atoms with Gasteiger partial charge in [-0.2, -0.15) is 18.2 Å². The molecule has 0 saturated carbocycles. The van der Waals surface area contributed by atoms with Gasteiger partial charge in [0.2, 0.25) is 11.8 Å². The van der Waals surface area contributed by atoms with E-state index in [1.807, 2.05) is 0 Å². The first kappa shape index (κ1) is 31.0. The van der Waals surface area contributed by atoms with Crippen LogP contribution >= 0.6 is 11.3 Å². The molecule has 0 radical (unpaired) electrons. The first-order chi connectivity index (χ1) is 18.0. The van der Waals surface area contributed by atoms with Crippen LogP contribution in [0.25, 0.3) is 0 Å². The average Bonchev–Trinajstić information content (AvgIpc) is 3.29. The molecule has 1 saturated heterocycles. The van der Waals surface area contributed by atoms with E-state index >= 15 is 0 Å². The Balaban J connectivity index is 0.000000306. The normalized spacial score (nSPS) is 17.3. The Kier molecular flexibility index (Phi) is 9.57. The van der Waals surface area contributed by atoms with Crippen molar-refractivity contribution in [1.82, 2.24) is 20.1 Å². The maximum atomic E-state index is 11.9. The number of nitrogen functional groups attached to an aromatic ring is 1. The number of oxime groups is 1. The molecule has 214 valence electrons.